The molecule has 1 unspecified atom stereocenters. The summed E-state index contributed by atoms with van der Waals surface area (Å²) in [7, 11) is -3.14. The molecule has 0 spiro atoms. The third-order valence-corrected chi connectivity index (χ3v) is 8.22. The molecule has 0 radical (unpaired) electrons. The van der Waals surface area contributed by atoms with Crippen molar-refractivity contribution in [2.24, 2.45) is 5.92 Å². The molecule has 0 bridgehead atoms. The number of nitrogens with one attached hydrogen (secondary N) is 1. The lowest BCUT2D eigenvalue weighted by Gasteiger charge is -2.41. The molecule has 1 aliphatic rings. The minimum atomic E-state index is -3.14. The third-order valence-electron chi connectivity index (χ3n) is 7.50. The van der Waals surface area contributed by atoms with E-state index in [0.717, 1.165) is 53.5 Å². The number of rotatable bonds is 13. The number of sulfonamides is 1. The number of amides is 1. The predicted octanol–water partition coefficient (Wildman–Crippen LogP) is 4.65. The topological polar surface area (TPSA) is 127 Å². The van der Waals surface area contributed by atoms with Gasteiger partial charge in [0, 0.05) is 43.3 Å². The number of halogens is 1. The molecular weight excluding hydrogens is 595 g/mol. The van der Waals surface area contributed by atoms with Crippen LogP contribution in [0.15, 0.2) is 72.8 Å². The van der Waals surface area contributed by atoms with Crippen LogP contribution in [0.25, 0.3) is 0 Å². The molecule has 1 aliphatic heterocycles. The Hall–Kier alpha value is -3.59. The Morgan fingerprint density at radius 3 is 2.18 bits per heavy atom. The molecule has 2 atom stereocenters. The van der Waals surface area contributed by atoms with E-state index in [0.29, 0.717) is 25.8 Å². The van der Waals surface area contributed by atoms with Gasteiger partial charge in [0.2, 0.25) is 15.9 Å². The fourth-order valence-corrected chi connectivity index (χ4v) is 5.25. The maximum atomic E-state index is 12.4. The average Bonchev–Trinajstić information content (AvgIpc) is 3.02. The maximum absolute atomic E-state index is 12.4. The van der Waals surface area contributed by atoms with Crippen molar-refractivity contribution >= 4 is 21.6 Å². The van der Waals surface area contributed by atoms with E-state index in [-0.39, 0.29) is 36.9 Å². The second-order valence-corrected chi connectivity index (χ2v) is 12.9. The molecule has 10 heteroatoms. The molecule has 45 heavy (non-hydrogen) atoms. The van der Waals surface area contributed by atoms with Gasteiger partial charge >= 0.3 is 0 Å². The summed E-state index contributed by atoms with van der Waals surface area (Å²) in [4.78, 5) is 14.2. The van der Waals surface area contributed by atoms with Gasteiger partial charge in [-0.15, -0.1) is 0 Å². The molecule has 1 fully saturated rings. The standard InChI is InChI=1S/C26H32N2O5S.C9H11FO/c1-34(32,33)27-16-3-2-5-20-10-14-24(15-11-20)28-25(17-26(28)31)23-12-8-21(9-13-23)6-4-7-22(18-29)19-30;1-2-9(11)7-3-5-8(10)6-4-7/h8-15,22,25,27,29-30H,2-3,5,7,16-19H2,1H3;3-6,9,11H,2H2,1H3/t25-;/m0./s1. The summed E-state index contributed by atoms with van der Waals surface area (Å²) in [5.74, 6) is 5.65. The van der Waals surface area contributed by atoms with Crippen LogP contribution in [0.3, 0.4) is 0 Å². The van der Waals surface area contributed by atoms with Crippen molar-refractivity contribution in [1.82, 2.24) is 4.72 Å². The van der Waals surface area contributed by atoms with Crippen LogP contribution in [0.2, 0.25) is 0 Å². The third kappa shape index (κ3) is 11.7. The molecule has 4 rings (SSSR count). The van der Waals surface area contributed by atoms with Crippen LogP contribution in [0.5, 0.6) is 0 Å². The van der Waals surface area contributed by atoms with Crippen molar-refractivity contribution in [2.45, 2.75) is 57.6 Å². The van der Waals surface area contributed by atoms with Gasteiger partial charge in [-0.2, -0.15) is 0 Å². The molecule has 1 amide bonds. The second-order valence-electron chi connectivity index (χ2n) is 11.1. The Kier molecular flexibility index (Phi) is 14.2. The molecule has 0 aromatic heterocycles. The van der Waals surface area contributed by atoms with Gasteiger partial charge in [-0.3, -0.25) is 4.79 Å². The highest BCUT2D eigenvalue weighted by Gasteiger charge is 2.38. The van der Waals surface area contributed by atoms with Gasteiger partial charge < -0.3 is 20.2 Å². The van der Waals surface area contributed by atoms with Gasteiger partial charge in [0.25, 0.3) is 0 Å². The fraction of sp³-hybridized carbons (Fsp3) is 0.400. The van der Waals surface area contributed by atoms with E-state index in [1.54, 1.807) is 12.1 Å². The number of β-lactam (4-membered cyclic amide) rings is 1. The van der Waals surface area contributed by atoms with Gasteiger partial charge in [-0.1, -0.05) is 55.2 Å². The first kappa shape index (κ1) is 35.9. The second kappa shape index (κ2) is 17.8. The van der Waals surface area contributed by atoms with Crippen LogP contribution >= 0.6 is 0 Å². The van der Waals surface area contributed by atoms with Gasteiger partial charge in [0.05, 0.1) is 24.8 Å². The quantitative estimate of drug-likeness (QED) is 0.123. The lowest BCUT2D eigenvalue weighted by atomic mass is 9.92. The number of aryl methyl sites for hydroxylation is 1. The first-order valence-corrected chi connectivity index (χ1v) is 17.0. The number of carbonyl (C=O) groups excluding carboxylic acids is 1. The highest BCUT2D eigenvalue weighted by Crippen LogP contribution is 2.39. The number of aliphatic hydroxyl groups excluding tert-OH is 3. The van der Waals surface area contributed by atoms with Crippen molar-refractivity contribution in [3.05, 3.63) is 101 Å². The number of hydrogen-bond acceptors (Lipinski definition) is 6. The summed E-state index contributed by atoms with van der Waals surface area (Å²) in [6.07, 6.45) is 4.76. The minimum absolute atomic E-state index is 0.00409. The number of anilines is 1. The molecular formula is C35H43FN2O6S. The Balaban J connectivity index is 0.000000423. The van der Waals surface area contributed by atoms with Crippen molar-refractivity contribution in [3.8, 4) is 11.8 Å². The Bertz CT molecular complexity index is 1510. The molecule has 3 aromatic rings. The molecule has 4 N–H and O–H groups in total. The fourth-order valence-electron chi connectivity index (χ4n) is 4.74. The van der Waals surface area contributed by atoms with Gasteiger partial charge in [0.15, 0.2) is 0 Å². The zero-order valence-corrected chi connectivity index (χ0v) is 26.6. The van der Waals surface area contributed by atoms with Gasteiger partial charge in [-0.25, -0.2) is 17.5 Å². The first-order valence-electron chi connectivity index (χ1n) is 15.1. The maximum Gasteiger partial charge on any atom is 0.230 e. The molecule has 0 saturated carbocycles. The van der Waals surface area contributed by atoms with Crippen LogP contribution in [0, 0.1) is 23.6 Å². The van der Waals surface area contributed by atoms with E-state index < -0.39 is 16.1 Å². The van der Waals surface area contributed by atoms with Crippen molar-refractivity contribution in [1.29, 1.82) is 0 Å². The van der Waals surface area contributed by atoms with Crippen LogP contribution < -0.4 is 9.62 Å². The molecule has 1 heterocycles. The molecule has 0 aliphatic carbocycles. The van der Waals surface area contributed by atoms with Crippen LogP contribution in [0.4, 0.5) is 10.1 Å². The highest BCUT2D eigenvalue weighted by atomic mass is 32.2. The summed E-state index contributed by atoms with van der Waals surface area (Å²) >= 11 is 0. The van der Waals surface area contributed by atoms with E-state index >= 15 is 0 Å². The van der Waals surface area contributed by atoms with E-state index in [4.69, 9.17) is 10.2 Å². The minimum Gasteiger partial charge on any atom is -0.396 e. The summed E-state index contributed by atoms with van der Waals surface area (Å²) in [6.45, 7) is 2.16. The molecule has 1 saturated heterocycles. The Morgan fingerprint density at radius 2 is 1.62 bits per heavy atom. The zero-order chi connectivity index (χ0) is 32.8. The number of carbonyl (C=O) groups is 1. The SMILES string of the molecule is CCC(O)c1ccc(F)cc1.CS(=O)(=O)NCCCCc1ccc(N2C(=O)C[C@H]2c2ccc(C#CCC(CO)CO)cc2)cc1. The number of unbranched alkanes of at least 4 members (excludes halogenated alkanes) is 1. The predicted molar refractivity (Wildman–Crippen MR) is 174 cm³/mol. The Morgan fingerprint density at radius 1 is 0.978 bits per heavy atom. The van der Waals surface area contributed by atoms with E-state index in [1.165, 1.54) is 12.1 Å². The largest absolute Gasteiger partial charge is 0.396 e. The van der Waals surface area contributed by atoms with Crippen LogP contribution in [-0.4, -0.2) is 55.7 Å². The van der Waals surface area contributed by atoms with Crippen molar-refractivity contribution in [2.75, 3.05) is 30.9 Å². The smallest absolute Gasteiger partial charge is 0.230 e. The normalized spacial score (nSPS) is 15.0. The Labute approximate surface area is 266 Å². The monoisotopic (exact) mass is 638 g/mol. The number of aliphatic hydroxyl groups is 3. The lowest BCUT2D eigenvalue weighted by Crippen LogP contribution is -2.46. The summed E-state index contributed by atoms with van der Waals surface area (Å²) in [5, 5.41) is 27.5. The number of hydrogen-bond donors (Lipinski definition) is 4. The first-order chi connectivity index (χ1) is 21.5. The molecule has 8 nitrogen and oxygen atoms in total. The molecule has 242 valence electrons. The number of nitrogens with zero attached hydrogens (tertiary/aromatic N) is 1. The van der Waals surface area contributed by atoms with Gasteiger partial charge in [0.1, 0.15) is 5.82 Å². The summed E-state index contributed by atoms with van der Waals surface area (Å²) in [6, 6.07) is 21.7. The number of benzene rings is 3. The summed E-state index contributed by atoms with van der Waals surface area (Å²) in [5.41, 5.74) is 4.70. The van der Waals surface area contributed by atoms with Crippen molar-refractivity contribution in [3.63, 3.8) is 0 Å². The van der Waals surface area contributed by atoms with Gasteiger partial charge in [-0.05, 0) is 78.8 Å². The molecule has 3 aromatic carbocycles. The van der Waals surface area contributed by atoms with E-state index in [1.807, 2.05) is 60.4 Å². The zero-order valence-electron chi connectivity index (χ0n) is 25.8. The van der Waals surface area contributed by atoms with Crippen LogP contribution in [-0.2, 0) is 21.2 Å². The average molecular weight is 639 g/mol. The summed E-state index contributed by atoms with van der Waals surface area (Å²) < 4.78 is 37.1. The van der Waals surface area contributed by atoms with Crippen molar-refractivity contribution < 1.29 is 32.9 Å². The lowest BCUT2D eigenvalue weighted by molar-refractivity contribution is -0.124. The van der Waals surface area contributed by atoms with E-state index in [2.05, 4.69) is 16.6 Å². The van der Waals surface area contributed by atoms with E-state index in [9.17, 15) is 22.7 Å². The highest BCUT2D eigenvalue weighted by molar-refractivity contribution is 7.88. The van der Waals surface area contributed by atoms with Crippen LogP contribution in [0.1, 0.15) is 73.4 Å².